The van der Waals surface area contributed by atoms with E-state index >= 15 is 0 Å². The van der Waals surface area contributed by atoms with Crippen molar-refractivity contribution < 1.29 is 9.53 Å². The minimum absolute atomic E-state index is 0. The average Bonchev–Trinajstić information content (AvgIpc) is 2.79. The molecule has 1 rings (SSSR count). The second-order valence-corrected chi connectivity index (χ2v) is 4.31. The molecule has 0 aliphatic rings. The zero-order chi connectivity index (χ0) is 11.8. The van der Waals surface area contributed by atoms with Gasteiger partial charge in [0.25, 0.3) is 0 Å². The minimum Gasteiger partial charge on any atom is -0.380 e. The zero-order valence-electron chi connectivity index (χ0n) is 9.85. The Kier molecular flexibility index (Phi) is 9.07. The molecule has 0 radical (unpaired) electrons. The molecule has 0 fully saturated rings. The maximum atomic E-state index is 11.5. The molecule has 0 aromatic carbocycles. The number of amides is 1. The molecule has 0 saturated carbocycles. The molecule has 1 atom stereocenters. The van der Waals surface area contributed by atoms with E-state index in [1.54, 1.807) is 18.4 Å². The molecule has 1 unspecified atom stereocenters. The summed E-state index contributed by atoms with van der Waals surface area (Å²) >= 11 is 1.67. The highest BCUT2D eigenvalue weighted by atomic mass is 35.5. The fraction of sp³-hybridized carbons (Fsp3) is 0.545. The third kappa shape index (κ3) is 6.63. The average molecular weight is 279 g/mol. The molecule has 1 heterocycles. The highest BCUT2D eigenvalue weighted by molar-refractivity contribution is 7.07. The Labute approximate surface area is 112 Å². The number of methoxy groups -OCH3 is 1. The number of ether oxygens (including phenoxy) is 1. The van der Waals surface area contributed by atoms with E-state index in [4.69, 9.17) is 10.5 Å². The zero-order valence-corrected chi connectivity index (χ0v) is 11.5. The standard InChI is InChI=1S/C11H18N2O2S.ClH/c1-15-10(7-12)6-11(14)13-4-2-9-3-5-16-8-9;/h3,5,8,10H,2,4,6-7,12H2,1H3,(H,13,14);1H. The van der Waals surface area contributed by atoms with Crippen molar-refractivity contribution in [2.75, 3.05) is 20.2 Å². The van der Waals surface area contributed by atoms with Gasteiger partial charge in [0.2, 0.25) is 5.91 Å². The molecule has 3 N–H and O–H groups in total. The van der Waals surface area contributed by atoms with Crippen LogP contribution in [0.1, 0.15) is 12.0 Å². The van der Waals surface area contributed by atoms with Crippen LogP contribution >= 0.6 is 23.7 Å². The summed E-state index contributed by atoms with van der Waals surface area (Å²) in [7, 11) is 1.57. The Morgan fingerprint density at radius 1 is 1.65 bits per heavy atom. The molecular weight excluding hydrogens is 260 g/mol. The number of thiophene rings is 1. The van der Waals surface area contributed by atoms with Gasteiger partial charge in [-0.25, -0.2) is 0 Å². The van der Waals surface area contributed by atoms with Crippen LogP contribution in [0.25, 0.3) is 0 Å². The van der Waals surface area contributed by atoms with Crippen LogP contribution in [0.5, 0.6) is 0 Å². The molecule has 17 heavy (non-hydrogen) atoms. The number of carbonyl (C=O) groups is 1. The van der Waals surface area contributed by atoms with Gasteiger partial charge < -0.3 is 15.8 Å². The maximum Gasteiger partial charge on any atom is 0.222 e. The Balaban J connectivity index is 0.00000256. The summed E-state index contributed by atoms with van der Waals surface area (Å²) in [6.07, 6.45) is 1.02. The van der Waals surface area contributed by atoms with E-state index in [1.807, 2.05) is 5.38 Å². The van der Waals surface area contributed by atoms with Gasteiger partial charge in [0.1, 0.15) is 0 Å². The minimum atomic E-state index is -0.179. The van der Waals surface area contributed by atoms with Crippen molar-refractivity contribution in [2.24, 2.45) is 5.73 Å². The lowest BCUT2D eigenvalue weighted by atomic mass is 10.2. The Morgan fingerprint density at radius 3 is 2.94 bits per heavy atom. The first-order chi connectivity index (χ1) is 7.76. The van der Waals surface area contributed by atoms with Gasteiger partial charge in [-0.05, 0) is 28.8 Å². The van der Waals surface area contributed by atoms with Crippen LogP contribution in [0.3, 0.4) is 0 Å². The monoisotopic (exact) mass is 278 g/mol. The summed E-state index contributed by atoms with van der Waals surface area (Å²) in [5.41, 5.74) is 6.69. The van der Waals surface area contributed by atoms with E-state index in [9.17, 15) is 4.79 Å². The lowest BCUT2D eigenvalue weighted by Gasteiger charge is -2.12. The normalized spacial score (nSPS) is 11.6. The largest absolute Gasteiger partial charge is 0.380 e. The van der Waals surface area contributed by atoms with Gasteiger partial charge >= 0.3 is 0 Å². The van der Waals surface area contributed by atoms with E-state index in [-0.39, 0.29) is 24.4 Å². The first-order valence-electron chi connectivity index (χ1n) is 5.27. The molecule has 0 saturated heterocycles. The molecule has 4 nitrogen and oxygen atoms in total. The van der Waals surface area contributed by atoms with Crippen molar-refractivity contribution in [2.45, 2.75) is 18.9 Å². The van der Waals surface area contributed by atoms with Gasteiger partial charge in [-0.1, -0.05) is 0 Å². The molecule has 1 aromatic rings. The molecule has 0 aliphatic heterocycles. The lowest BCUT2D eigenvalue weighted by Crippen LogP contribution is -2.33. The SMILES string of the molecule is COC(CN)CC(=O)NCCc1ccsc1.Cl. The third-order valence-corrected chi connectivity index (χ3v) is 3.06. The van der Waals surface area contributed by atoms with Gasteiger partial charge in [-0.3, -0.25) is 4.79 Å². The Morgan fingerprint density at radius 2 is 2.41 bits per heavy atom. The van der Waals surface area contributed by atoms with Gasteiger partial charge in [0, 0.05) is 20.2 Å². The van der Waals surface area contributed by atoms with Gasteiger partial charge in [-0.15, -0.1) is 12.4 Å². The number of rotatable bonds is 7. The maximum absolute atomic E-state index is 11.5. The quantitative estimate of drug-likeness (QED) is 0.788. The van der Waals surface area contributed by atoms with Crippen LogP contribution in [-0.4, -0.2) is 32.2 Å². The Hall–Kier alpha value is -0.620. The predicted molar refractivity (Wildman–Crippen MR) is 72.7 cm³/mol. The molecule has 0 bridgehead atoms. The fourth-order valence-corrected chi connectivity index (χ4v) is 2.03. The molecule has 0 aliphatic carbocycles. The summed E-state index contributed by atoms with van der Waals surface area (Å²) in [6, 6.07) is 2.06. The second kappa shape index (κ2) is 9.41. The number of hydrogen-bond donors (Lipinski definition) is 2. The lowest BCUT2D eigenvalue weighted by molar-refractivity contribution is -0.123. The molecule has 98 valence electrons. The van der Waals surface area contributed by atoms with Gasteiger partial charge in [0.15, 0.2) is 0 Å². The van der Waals surface area contributed by atoms with Gasteiger partial charge in [-0.2, -0.15) is 11.3 Å². The second-order valence-electron chi connectivity index (χ2n) is 3.53. The van der Waals surface area contributed by atoms with E-state index in [2.05, 4.69) is 16.8 Å². The van der Waals surface area contributed by atoms with E-state index in [0.29, 0.717) is 19.5 Å². The third-order valence-electron chi connectivity index (χ3n) is 2.33. The molecule has 1 aromatic heterocycles. The summed E-state index contributed by atoms with van der Waals surface area (Å²) in [5, 5.41) is 6.97. The van der Waals surface area contributed by atoms with Crippen LogP contribution in [0.2, 0.25) is 0 Å². The molecular formula is C11H19ClN2O2S. The summed E-state index contributed by atoms with van der Waals surface area (Å²) in [6.45, 7) is 1.03. The number of hydrogen-bond acceptors (Lipinski definition) is 4. The van der Waals surface area contributed by atoms with E-state index < -0.39 is 0 Å². The molecule has 0 spiro atoms. The van der Waals surface area contributed by atoms with Gasteiger partial charge in [0.05, 0.1) is 12.5 Å². The van der Waals surface area contributed by atoms with Crippen molar-refractivity contribution in [3.05, 3.63) is 22.4 Å². The fourth-order valence-electron chi connectivity index (χ4n) is 1.32. The van der Waals surface area contributed by atoms with Crippen molar-refractivity contribution in [1.82, 2.24) is 5.32 Å². The van der Waals surface area contributed by atoms with Crippen molar-refractivity contribution in [3.63, 3.8) is 0 Å². The highest BCUT2D eigenvalue weighted by Crippen LogP contribution is 2.05. The smallest absolute Gasteiger partial charge is 0.222 e. The predicted octanol–water partition coefficient (Wildman–Crippen LogP) is 1.19. The van der Waals surface area contributed by atoms with Crippen LogP contribution in [0.15, 0.2) is 16.8 Å². The van der Waals surface area contributed by atoms with Crippen LogP contribution in [-0.2, 0) is 16.0 Å². The van der Waals surface area contributed by atoms with Crippen LogP contribution < -0.4 is 11.1 Å². The van der Waals surface area contributed by atoms with Crippen molar-refractivity contribution >= 4 is 29.7 Å². The Bertz CT molecular complexity index is 302. The highest BCUT2D eigenvalue weighted by Gasteiger charge is 2.10. The number of nitrogens with one attached hydrogen (secondary N) is 1. The topological polar surface area (TPSA) is 64.3 Å². The number of carbonyl (C=O) groups excluding carboxylic acids is 1. The first kappa shape index (κ1) is 16.4. The number of nitrogens with two attached hydrogens (primary N) is 1. The molecule has 6 heteroatoms. The van der Waals surface area contributed by atoms with E-state index in [0.717, 1.165) is 6.42 Å². The first-order valence-corrected chi connectivity index (χ1v) is 6.21. The van der Waals surface area contributed by atoms with Crippen molar-refractivity contribution in [3.8, 4) is 0 Å². The van der Waals surface area contributed by atoms with Crippen LogP contribution in [0, 0.1) is 0 Å². The van der Waals surface area contributed by atoms with Crippen LogP contribution in [0.4, 0.5) is 0 Å². The summed E-state index contributed by atoms with van der Waals surface area (Å²) in [5.74, 6) is -0.00692. The van der Waals surface area contributed by atoms with Crippen molar-refractivity contribution in [1.29, 1.82) is 0 Å². The summed E-state index contributed by atoms with van der Waals surface area (Å²) < 4.78 is 5.04. The van der Waals surface area contributed by atoms with E-state index in [1.165, 1.54) is 5.56 Å². The molecule has 1 amide bonds. The summed E-state index contributed by atoms with van der Waals surface area (Å²) in [4.78, 5) is 11.5. The number of halogens is 1.